The van der Waals surface area contributed by atoms with Gasteiger partial charge in [-0.3, -0.25) is 0 Å². The Balaban J connectivity index is 2.22. The van der Waals surface area contributed by atoms with E-state index >= 15 is 0 Å². The summed E-state index contributed by atoms with van der Waals surface area (Å²) in [5, 5.41) is 10.6. The van der Waals surface area contributed by atoms with E-state index in [9.17, 15) is 0 Å². The first kappa shape index (κ1) is 11.4. The summed E-state index contributed by atoms with van der Waals surface area (Å²) < 4.78 is 10.4. The van der Waals surface area contributed by atoms with Crippen LogP contribution in [0.5, 0.6) is 5.75 Å². The molecule has 2 aromatic rings. The summed E-state index contributed by atoms with van der Waals surface area (Å²) in [5.74, 6) is 1.16. The zero-order valence-corrected chi connectivity index (χ0v) is 9.73. The van der Waals surface area contributed by atoms with E-state index in [1.54, 1.807) is 7.11 Å². The van der Waals surface area contributed by atoms with Gasteiger partial charge in [-0.15, -0.1) is 5.10 Å². The second-order valence-corrected chi connectivity index (χ2v) is 3.51. The van der Waals surface area contributed by atoms with Gasteiger partial charge in [0.1, 0.15) is 5.75 Å². The molecule has 0 bridgehead atoms. The first-order chi connectivity index (χ1) is 8.22. The summed E-state index contributed by atoms with van der Waals surface area (Å²) >= 11 is 0. The minimum atomic E-state index is 0.228. The number of rotatable bonds is 4. The Kier molecular flexibility index (Phi) is 3.24. The van der Waals surface area contributed by atoms with E-state index < -0.39 is 0 Å². The summed E-state index contributed by atoms with van der Waals surface area (Å²) in [4.78, 5) is 0. The number of hydrogen-bond acceptors (Lipinski definition) is 6. The molecule has 17 heavy (non-hydrogen) atoms. The van der Waals surface area contributed by atoms with E-state index in [-0.39, 0.29) is 6.54 Å². The van der Waals surface area contributed by atoms with Gasteiger partial charge in [0.25, 0.3) is 0 Å². The van der Waals surface area contributed by atoms with E-state index in [0.717, 1.165) is 17.0 Å². The molecule has 0 fully saturated rings. The Labute approximate surface area is 98.8 Å². The van der Waals surface area contributed by atoms with E-state index in [1.165, 1.54) is 0 Å². The van der Waals surface area contributed by atoms with Gasteiger partial charge in [-0.05, 0) is 18.6 Å². The average Bonchev–Trinajstić information content (AvgIpc) is 2.80. The lowest BCUT2D eigenvalue weighted by Crippen LogP contribution is -1.95. The van der Waals surface area contributed by atoms with Crippen LogP contribution in [0, 0.1) is 6.92 Å². The van der Waals surface area contributed by atoms with Crippen LogP contribution in [-0.2, 0) is 6.54 Å². The molecule has 1 heterocycles. The molecule has 0 saturated carbocycles. The van der Waals surface area contributed by atoms with Crippen LogP contribution in [0.2, 0.25) is 0 Å². The number of benzene rings is 1. The number of aryl methyl sites for hydroxylation is 1. The number of methoxy groups -OCH3 is 1. The monoisotopic (exact) mass is 234 g/mol. The summed E-state index contributed by atoms with van der Waals surface area (Å²) in [6.07, 6.45) is 0. The molecule has 0 aliphatic carbocycles. The predicted molar refractivity (Wildman–Crippen MR) is 63.2 cm³/mol. The molecule has 2 rings (SSSR count). The summed E-state index contributed by atoms with van der Waals surface area (Å²) in [6, 6.07) is 6.02. The van der Waals surface area contributed by atoms with Gasteiger partial charge in [-0.2, -0.15) is 0 Å². The number of nitrogens with two attached hydrogens (primary N) is 1. The van der Waals surface area contributed by atoms with Gasteiger partial charge < -0.3 is 20.2 Å². The van der Waals surface area contributed by atoms with E-state index in [2.05, 4.69) is 15.5 Å². The number of anilines is 2. The molecule has 6 nitrogen and oxygen atoms in total. The molecule has 0 spiro atoms. The normalized spacial score (nSPS) is 10.3. The van der Waals surface area contributed by atoms with Crippen LogP contribution in [0.4, 0.5) is 11.7 Å². The van der Waals surface area contributed by atoms with Crippen molar-refractivity contribution in [1.29, 1.82) is 0 Å². The molecule has 0 unspecified atom stereocenters. The van der Waals surface area contributed by atoms with Crippen LogP contribution < -0.4 is 15.8 Å². The highest BCUT2D eigenvalue weighted by Gasteiger charge is 2.07. The van der Waals surface area contributed by atoms with Crippen molar-refractivity contribution >= 4 is 11.7 Å². The fourth-order valence-electron chi connectivity index (χ4n) is 1.36. The molecule has 0 saturated heterocycles. The van der Waals surface area contributed by atoms with Crippen molar-refractivity contribution in [2.45, 2.75) is 13.5 Å². The SMILES string of the molecule is COc1ccc(C)c(Nc2nnc(CN)o2)c1. The molecule has 0 amide bonds. The highest BCUT2D eigenvalue weighted by Crippen LogP contribution is 2.24. The maximum atomic E-state index is 5.39. The first-order valence-electron chi connectivity index (χ1n) is 5.17. The first-order valence-corrected chi connectivity index (χ1v) is 5.17. The number of nitrogens with one attached hydrogen (secondary N) is 1. The molecular weight excluding hydrogens is 220 g/mol. The molecule has 90 valence electrons. The quantitative estimate of drug-likeness (QED) is 0.835. The number of aromatic nitrogens is 2. The molecule has 0 aliphatic heterocycles. The van der Waals surface area contributed by atoms with Crippen molar-refractivity contribution < 1.29 is 9.15 Å². The lowest BCUT2D eigenvalue weighted by molar-refractivity contribution is 0.415. The van der Waals surface area contributed by atoms with E-state index in [4.69, 9.17) is 14.9 Å². The highest BCUT2D eigenvalue weighted by atomic mass is 16.5. The number of nitrogens with zero attached hydrogens (tertiary/aromatic N) is 2. The zero-order chi connectivity index (χ0) is 12.3. The molecule has 1 aromatic heterocycles. The second kappa shape index (κ2) is 4.84. The Morgan fingerprint density at radius 2 is 2.24 bits per heavy atom. The van der Waals surface area contributed by atoms with Crippen molar-refractivity contribution in [2.75, 3.05) is 12.4 Å². The van der Waals surface area contributed by atoms with Crippen LogP contribution in [0.25, 0.3) is 0 Å². The second-order valence-electron chi connectivity index (χ2n) is 3.51. The third kappa shape index (κ3) is 2.54. The molecule has 0 atom stereocenters. The van der Waals surface area contributed by atoms with Gasteiger partial charge in [-0.25, -0.2) is 0 Å². The van der Waals surface area contributed by atoms with Gasteiger partial charge in [0.15, 0.2) is 0 Å². The predicted octanol–water partition coefficient (Wildman–Crippen LogP) is 1.59. The Bertz CT molecular complexity index is 510. The van der Waals surface area contributed by atoms with Crippen molar-refractivity contribution in [2.24, 2.45) is 5.73 Å². The van der Waals surface area contributed by atoms with Gasteiger partial charge in [0, 0.05) is 11.8 Å². The largest absolute Gasteiger partial charge is 0.497 e. The lowest BCUT2D eigenvalue weighted by atomic mass is 10.2. The molecule has 3 N–H and O–H groups in total. The number of hydrogen-bond donors (Lipinski definition) is 2. The maximum Gasteiger partial charge on any atom is 0.320 e. The lowest BCUT2D eigenvalue weighted by Gasteiger charge is -2.07. The highest BCUT2D eigenvalue weighted by molar-refractivity contribution is 5.59. The van der Waals surface area contributed by atoms with Gasteiger partial charge in [0.2, 0.25) is 5.89 Å². The van der Waals surface area contributed by atoms with E-state index in [0.29, 0.717) is 11.9 Å². The number of ether oxygens (including phenoxy) is 1. The molecule has 1 aromatic carbocycles. The summed E-state index contributed by atoms with van der Waals surface area (Å²) in [6.45, 7) is 2.20. The third-order valence-electron chi connectivity index (χ3n) is 2.33. The van der Waals surface area contributed by atoms with Crippen LogP contribution in [0.15, 0.2) is 22.6 Å². The maximum absolute atomic E-state index is 5.39. The van der Waals surface area contributed by atoms with Crippen LogP contribution in [0.3, 0.4) is 0 Å². The molecule has 0 aliphatic rings. The van der Waals surface area contributed by atoms with Gasteiger partial charge in [-0.1, -0.05) is 11.2 Å². The molecule has 6 heteroatoms. The zero-order valence-electron chi connectivity index (χ0n) is 9.73. The minimum Gasteiger partial charge on any atom is -0.497 e. The van der Waals surface area contributed by atoms with Gasteiger partial charge in [0.05, 0.1) is 13.7 Å². The summed E-state index contributed by atoms with van der Waals surface area (Å²) in [5.41, 5.74) is 7.30. The Morgan fingerprint density at radius 3 is 2.88 bits per heavy atom. The standard InChI is InChI=1S/C11H14N4O2/c1-7-3-4-8(16-2)5-9(7)13-11-15-14-10(6-12)17-11/h3-5H,6,12H2,1-2H3,(H,13,15). The third-order valence-corrected chi connectivity index (χ3v) is 2.33. The van der Waals surface area contributed by atoms with E-state index in [1.807, 2.05) is 25.1 Å². The fraction of sp³-hybridized carbons (Fsp3) is 0.273. The summed E-state index contributed by atoms with van der Waals surface area (Å²) in [7, 11) is 1.62. The Morgan fingerprint density at radius 1 is 1.41 bits per heavy atom. The molecular formula is C11H14N4O2. The van der Waals surface area contributed by atoms with Crippen LogP contribution >= 0.6 is 0 Å². The van der Waals surface area contributed by atoms with Gasteiger partial charge >= 0.3 is 6.01 Å². The average molecular weight is 234 g/mol. The van der Waals surface area contributed by atoms with Crippen molar-refractivity contribution in [3.63, 3.8) is 0 Å². The minimum absolute atomic E-state index is 0.228. The topological polar surface area (TPSA) is 86.2 Å². The fourth-order valence-corrected chi connectivity index (χ4v) is 1.36. The van der Waals surface area contributed by atoms with Crippen molar-refractivity contribution in [3.05, 3.63) is 29.7 Å². The van der Waals surface area contributed by atoms with Crippen LogP contribution in [-0.4, -0.2) is 17.3 Å². The smallest absolute Gasteiger partial charge is 0.320 e. The van der Waals surface area contributed by atoms with Crippen LogP contribution in [0.1, 0.15) is 11.5 Å². The Hall–Kier alpha value is -2.08. The van der Waals surface area contributed by atoms with Crippen molar-refractivity contribution in [1.82, 2.24) is 10.2 Å². The molecule has 0 radical (unpaired) electrons. The van der Waals surface area contributed by atoms with Crippen molar-refractivity contribution in [3.8, 4) is 5.75 Å².